The Bertz CT molecular complexity index is 749. The van der Waals surface area contributed by atoms with E-state index in [4.69, 9.17) is 0 Å². The van der Waals surface area contributed by atoms with Crippen molar-refractivity contribution in [2.45, 2.75) is 110 Å². The molecule has 1 aliphatic heterocycles. The van der Waals surface area contributed by atoms with Crippen molar-refractivity contribution in [2.24, 2.45) is 23.2 Å². The molecule has 3 aliphatic carbocycles. The molecule has 0 aromatic carbocycles. The van der Waals surface area contributed by atoms with Crippen molar-refractivity contribution in [3.05, 3.63) is 35.5 Å². The van der Waals surface area contributed by atoms with E-state index in [1.165, 1.54) is 64.5 Å². The van der Waals surface area contributed by atoms with Gasteiger partial charge >= 0.3 is 0 Å². The fraction of sp³-hybridized carbons (Fsp3) is 0.793. The smallest absolute Gasteiger partial charge is 0.0809 e. The second kappa shape index (κ2) is 9.39. The molecule has 2 N–H and O–H groups in total. The van der Waals surface area contributed by atoms with E-state index in [0.717, 1.165) is 17.4 Å². The zero-order chi connectivity index (χ0) is 23.1. The number of nitrogens with zero attached hydrogens (tertiary/aromatic N) is 1. The first-order chi connectivity index (χ1) is 15.1. The lowest BCUT2D eigenvalue weighted by Crippen LogP contribution is -2.50. The Balaban J connectivity index is 1.46. The van der Waals surface area contributed by atoms with Crippen LogP contribution in [0.4, 0.5) is 0 Å². The second-order valence-electron chi connectivity index (χ2n) is 12.4. The molecule has 3 saturated carbocycles. The third-order valence-corrected chi connectivity index (χ3v) is 9.86. The lowest BCUT2D eigenvalue weighted by molar-refractivity contribution is 0.0256. The highest BCUT2D eigenvalue weighted by Gasteiger charge is 2.51. The molecule has 1 saturated heterocycles. The Labute approximate surface area is 196 Å². The van der Waals surface area contributed by atoms with Gasteiger partial charge in [-0.2, -0.15) is 0 Å². The minimum atomic E-state index is -0.601. The van der Waals surface area contributed by atoms with Gasteiger partial charge in [-0.15, -0.1) is 0 Å². The van der Waals surface area contributed by atoms with E-state index >= 15 is 0 Å². The third kappa shape index (κ3) is 4.68. The number of hydrogen-bond donors (Lipinski definition) is 2. The number of rotatable bonds is 4. The van der Waals surface area contributed by atoms with Gasteiger partial charge in [0.25, 0.3) is 0 Å². The van der Waals surface area contributed by atoms with Gasteiger partial charge in [0, 0.05) is 12.1 Å². The minimum Gasteiger partial charge on any atom is -0.388 e. The van der Waals surface area contributed by atoms with Crippen LogP contribution in [0.2, 0.25) is 0 Å². The predicted molar refractivity (Wildman–Crippen MR) is 133 cm³/mol. The van der Waals surface area contributed by atoms with Crippen LogP contribution in [0.5, 0.6) is 0 Å². The number of likely N-dealkylation sites (tertiary alicyclic amines) is 1. The molecule has 0 aromatic heterocycles. The highest BCUT2D eigenvalue weighted by Crippen LogP contribution is 2.59. The van der Waals surface area contributed by atoms with Gasteiger partial charge in [0.15, 0.2) is 0 Å². The van der Waals surface area contributed by atoms with Gasteiger partial charge in [0.1, 0.15) is 0 Å². The normalized spacial score (nSPS) is 40.4. The molecule has 180 valence electrons. The van der Waals surface area contributed by atoms with Gasteiger partial charge in [-0.25, -0.2) is 0 Å². The molecule has 6 atom stereocenters. The van der Waals surface area contributed by atoms with Crippen LogP contribution in [0.1, 0.15) is 91.9 Å². The van der Waals surface area contributed by atoms with Crippen molar-refractivity contribution in [3.8, 4) is 0 Å². The maximum atomic E-state index is 10.2. The molecule has 0 bridgehead atoms. The molecule has 1 heterocycles. The Morgan fingerprint density at radius 3 is 2.44 bits per heavy atom. The summed E-state index contributed by atoms with van der Waals surface area (Å²) in [5.74, 6) is 2.25. The summed E-state index contributed by atoms with van der Waals surface area (Å²) >= 11 is 0. The summed E-state index contributed by atoms with van der Waals surface area (Å²) in [7, 11) is 0. The maximum Gasteiger partial charge on any atom is 0.0809 e. The highest BCUT2D eigenvalue weighted by atomic mass is 16.3. The van der Waals surface area contributed by atoms with Gasteiger partial charge < -0.3 is 10.2 Å². The Morgan fingerprint density at radius 2 is 1.75 bits per heavy atom. The van der Waals surface area contributed by atoms with Crippen LogP contribution in [-0.2, 0) is 0 Å². The summed E-state index contributed by atoms with van der Waals surface area (Å²) in [6.45, 7) is 16.4. The van der Waals surface area contributed by atoms with Gasteiger partial charge in [0.2, 0.25) is 0 Å². The summed E-state index contributed by atoms with van der Waals surface area (Å²) in [5, 5.41) is 20.4. The van der Waals surface area contributed by atoms with Gasteiger partial charge in [-0.05, 0) is 107 Å². The lowest BCUT2D eigenvalue weighted by atomic mass is 9.61. The topological polar surface area (TPSA) is 43.7 Å². The average molecular weight is 442 g/mol. The summed E-state index contributed by atoms with van der Waals surface area (Å²) in [6, 6.07) is 0. The van der Waals surface area contributed by atoms with E-state index in [0.29, 0.717) is 35.3 Å². The van der Waals surface area contributed by atoms with Crippen molar-refractivity contribution in [3.63, 3.8) is 0 Å². The van der Waals surface area contributed by atoms with Crippen molar-refractivity contribution in [1.29, 1.82) is 0 Å². The zero-order valence-electron chi connectivity index (χ0n) is 21.1. The monoisotopic (exact) mass is 441 g/mol. The molecule has 0 spiro atoms. The maximum absolute atomic E-state index is 10.2. The predicted octanol–water partition coefficient (Wildman–Crippen LogP) is 6.03. The average Bonchev–Trinajstić information content (AvgIpc) is 3.09. The molecule has 0 radical (unpaired) electrons. The lowest BCUT2D eigenvalue weighted by Gasteiger charge is -2.48. The fourth-order valence-corrected chi connectivity index (χ4v) is 7.77. The first-order valence-electron chi connectivity index (χ1n) is 13.3. The van der Waals surface area contributed by atoms with E-state index in [-0.39, 0.29) is 0 Å². The van der Waals surface area contributed by atoms with Gasteiger partial charge in [-0.1, -0.05) is 50.1 Å². The molecule has 3 nitrogen and oxygen atoms in total. The van der Waals surface area contributed by atoms with Crippen LogP contribution < -0.4 is 0 Å². The van der Waals surface area contributed by atoms with E-state index < -0.39 is 12.2 Å². The minimum absolute atomic E-state index is 0.357. The number of aliphatic hydroxyl groups is 2. The molecule has 3 heteroatoms. The number of allylic oxidation sites excluding steroid dienone is 3. The Morgan fingerprint density at radius 1 is 1.03 bits per heavy atom. The van der Waals surface area contributed by atoms with Crippen LogP contribution in [0.15, 0.2) is 35.5 Å². The van der Waals surface area contributed by atoms with Crippen molar-refractivity contribution < 1.29 is 10.2 Å². The van der Waals surface area contributed by atoms with E-state index in [1.54, 1.807) is 5.57 Å². The Kier molecular flexibility index (Phi) is 7.11. The zero-order valence-corrected chi connectivity index (χ0v) is 21.1. The van der Waals surface area contributed by atoms with Crippen LogP contribution in [0, 0.1) is 23.2 Å². The van der Waals surface area contributed by atoms with Gasteiger partial charge in [-0.3, -0.25) is 4.90 Å². The van der Waals surface area contributed by atoms with Gasteiger partial charge in [0.05, 0.1) is 12.2 Å². The van der Waals surface area contributed by atoms with Crippen molar-refractivity contribution in [1.82, 2.24) is 4.90 Å². The molecular formula is C29H47NO2. The number of aliphatic hydroxyl groups excluding tert-OH is 2. The molecule has 4 fully saturated rings. The molecular weight excluding hydrogens is 394 g/mol. The molecule has 0 amide bonds. The molecule has 4 aliphatic rings. The van der Waals surface area contributed by atoms with Crippen LogP contribution in [0.25, 0.3) is 0 Å². The van der Waals surface area contributed by atoms with Crippen LogP contribution >= 0.6 is 0 Å². The van der Waals surface area contributed by atoms with E-state index in [9.17, 15) is 10.2 Å². The Hall–Kier alpha value is -0.900. The molecule has 32 heavy (non-hydrogen) atoms. The summed E-state index contributed by atoms with van der Waals surface area (Å²) in [5.41, 5.74) is 4.13. The van der Waals surface area contributed by atoms with Crippen LogP contribution in [-0.4, -0.2) is 45.9 Å². The standard InChI is InChI=1S/C29H47NO2/c1-20(19-30-16-7-6-14-28(30,3)4)24-12-13-25-23(9-8-15-29(24,25)5)11-10-22-17-26(31)21(2)27(32)18-22/h10-11,20,24-27,31-32H,2,6-9,12-19H2,1,3-5H3/b23-11+/t20-,24-,25+,26-,27-,29-/m1/s1. The van der Waals surface area contributed by atoms with Crippen LogP contribution in [0.3, 0.4) is 0 Å². The molecule has 0 unspecified atom stereocenters. The largest absolute Gasteiger partial charge is 0.388 e. The number of piperidine rings is 1. The number of fused-ring (bicyclic) bond motifs is 1. The van der Waals surface area contributed by atoms with E-state index in [2.05, 4.69) is 51.3 Å². The quantitative estimate of drug-likeness (QED) is 0.524. The molecule has 0 aromatic rings. The molecule has 4 rings (SSSR count). The second-order valence-corrected chi connectivity index (χ2v) is 12.4. The first kappa shape index (κ1) is 24.2. The fourth-order valence-electron chi connectivity index (χ4n) is 7.77. The van der Waals surface area contributed by atoms with Crippen molar-refractivity contribution >= 4 is 0 Å². The first-order valence-corrected chi connectivity index (χ1v) is 13.3. The SMILES string of the molecule is C=C1[C@H](O)CC(=C/C=C2\CCC[C@]3(C)[C@@H]([C@H](C)CN4CCCCC4(C)C)CC[C@@H]23)C[C@H]1O. The highest BCUT2D eigenvalue weighted by molar-refractivity contribution is 5.29. The number of hydrogen-bond acceptors (Lipinski definition) is 3. The summed E-state index contributed by atoms with van der Waals surface area (Å²) < 4.78 is 0. The third-order valence-electron chi connectivity index (χ3n) is 9.86. The summed E-state index contributed by atoms with van der Waals surface area (Å²) in [6.07, 6.45) is 15.2. The van der Waals surface area contributed by atoms with E-state index in [1.807, 2.05) is 0 Å². The van der Waals surface area contributed by atoms with Crippen molar-refractivity contribution in [2.75, 3.05) is 13.1 Å². The summed E-state index contributed by atoms with van der Waals surface area (Å²) in [4.78, 5) is 2.79.